The van der Waals surface area contributed by atoms with Crippen LogP contribution in [0.25, 0.3) is 5.57 Å². The van der Waals surface area contributed by atoms with Gasteiger partial charge in [0.05, 0.1) is 7.11 Å². The van der Waals surface area contributed by atoms with Gasteiger partial charge in [-0.2, -0.15) is 0 Å². The maximum absolute atomic E-state index is 5.24. The van der Waals surface area contributed by atoms with E-state index in [1.807, 2.05) is 26.0 Å². The van der Waals surface area contributed by atoms with Gasteiger partial charge in [-0.25, -0.2) is 0 Å². The topological polar surface area (TPSA) is 12.5 Å². The molecule has 0 spiro atoms. The second kappa shape index (κ2) is 9.72. The summed E-state index contributed by atoms with van der Waals surface area (Å²) in [6.45, 7) is 7.15. The lowest BCUT2D eigenvalue weighted by Crippen LogP contribution is -2.13. The molecule has 0 aliphatic heterocycles. The summed E-state index contributed by atoms with van der Waals surface area (Å²) in [4.78, 5) is 2.20. The van der Waals surface area contributed by atoms with Gasteiger partial charge in [-0.05, 0) is 50.7 Å². The Bertz CT molecular complexity index is 356. The first-order chi connectivity index (χ1) is 8.67. The summed E-state index contributed by atoms with van der Waals surface area (Å²) in [6.07, 6.45) is 3.24. The molecule has 0 heterocycles. The molecule has 2 heteroatoms. The van der Waals surface area contributed by atoms with Crippen LogP contribution in [0.3, 0.4) is 0 Å². The molecule has 0 bridgehead atoms. The number of benzene rings is 1. The molecular formula is C16H27NO. The molecule has 0 N–H and O–H groups in total. The third-order valence-electron chi connectivity index (χ3n) is 2.62. The van der Waals surface area contributed by atoms with Crippen LogP contribution >= 0.6 is 0 Å². The van der Waals surface area contributed by atoms with Gasteiger partial charge in [-0.3, -0.25) is 0 Å². The van der Waals surface area contributed by atoms with E-state index in [4.69, 9.17) is 4.74 Å². The smallest absolute Gasteiger partial charge is 0.119 e. The molecule has 0 fully saturated rings. The number of ether oxygens (including phenoxy) is 1. The van der Waals surface area contributed by atoms with Gasteiger partial charge in [0.25, 0.3) is 0 Å². The van der Waals surface area contributed by atoms with Crippen molar-refractivity contribution < 1.29 is 4.74 Å². The van der Waals surface area contributed by atoms with E-state index in [1.54, 1.807) is 7.11 Å². The summed E-state index contributed by atoms with van der Waals surface area (Å²) in [6, 6.07) is 8.23. The highest BCUT2D eigenvalue weighted by Gasteiger charge is 2.02. The van der Waals surface area contributed by atoms with Gasteiger partial charge in [0.15, 0.2) is 0 Å². The van der Waals surface area contributed by atoms with Crippen molar-refractivity contribution in [3.63, 3.8) is 0 Å². The number of hydrogen-bond acceptors (Lipinski definition) is 2. The van der Waals surface area contributed by atoms with Crippen LogP contribution in [0.15, 0.2) is 30.3 Å². The average molecular weight is 249 g/mol. The number of nitrogens with zero attached hydrogens (tertiary/aromatic N) is 1. The van der Waals surface area contributed by atoms with Crippen molar-refractivity contribution in [2.24, 2.45) is 0 Å². The van der Waals surface area contributed by atoms with E-state index in [0.717, 1.165) is 18.7 Å². The van der Waals surface area contributed by atoms with E-state index >= 15 is 0 Å². The van der Waals surface area contributed by atoms with Crippen LogP contribution in [0.4, 0.5) is 0 Å². The van der Waals surface area contributed by atoms with Crippen molar-refractivity contribution >= 4 is 5.57 Å². The third-order valence-corrected chi connectivity index (χ3v) is 2.62. The highest BCUT2D eigenvalue weighted by molar-refractivity contribution is 5.66. The maximum atomic E-state index is 5.24. The summed E-state index contributed by atoms with van der Waals surface area (Å²) in [7, 11) is 5.89. The Morgan fingerprint density at radius 3 is 2.44 bits per heavy atom. The minimum atomic E-state index is 0.918. The summed E-state index contributed by atoms with van der Waals surface area (Å²) < 4.78 is 5.24. The molecule has 102 valence electrons. The highest BCUT2D eigenvalue weighted by Crippen LogP contribution is 2.22. The second-order valence-electron chi connectivity index (χ2n) is 4.10. The zero-order chi connectivity index (χ0) is 14.0. The third kappa shape index (κ3) is 5.87. The highest BCUT2D eigenvalue weighted by atomic mass is 16.5. The van der Waals surface area contributed by atoms with Crippen LogP contribution < -0.4 is 4.74 Å². The Morgan fingerprint density at radius 1 is 1.28 bits per heavy atom. The van der Waals surface area contributed by atoms with Gasteiger partial charge in [0, 0.05) is 6.54 Å². The van der Waals surface area contributed by atoms with Crippen molar-refractivity contribution in [1.29, 1.82) is 0 Å². The van der Waals surface area contributed by atoms with Crippen LogP contribution in [0.1, 0.15) is 32.8 Å². The van der Waals surface area contributed by atoms with E-state index in [1.165, 1.54) is 11.1 Å². The SMILES string of the molecule is C/C=C(\CCN(C)C)c1cccc(OC)c1.CC. The molecule has 0 saturated heterocycles. The first-order valence-corrected chi connectivity index (χ1v) is 6.61. The van der Waals surface area contributed by atoms with E-state index in [9.17, 15) is 0 Å². The number of rotatable bonds is 5. The fourth-order valence-corrected chi connectivity index (χ4v) is 1.62. The fraction of sp³-hybridized carbons (Fsp3) is 0.500. The quantitative estimate of drug-likeness (QED) is 0.779. The lowest BCUT2D eigenvalue weighted by molar-refractivity contribution is 0.414. The Morgan fingerprint density at radius 2 is 1.94 bits per heavy atom. The zero-order valence-corrected chi connectivity index (χ0v) is 12.7. The van der Waals surface area contributed by atoms with Crippen LogP contribution in [-0.4, -0.2) is 32.6 Å². The summed E-state index contributed by atoms with van der Waals surface area (Å²) in [5.41, 5.74) is 2.62. The van der Waals surface area contributed by atoms with Gasteiger partial charge in [0.2, 0.25) is 0 Å². The second-order valence-corrected chi connectivity index (χ2v) is 4.10. The number of allylic oxidation sites excluding steroid dienone is 1. The largest absolute Gasteiger partial charge is 0.497 e. The molecule has 18 heavy (non-hydrogen) atoms. The molecular weight excluding hydrogens is 222 g/mol. The summed E-state index contributed by atoms with van der Waals surface area (Å²) in [5, 5.41) is 0. The van der Waals surface area contributed by atoms with Crippen LogP contribution in [0, 0.1) is 0 Å². The minimum Gasteiger partial charge on any atom is -0.497 e. The van der Waals surface area contributed by atoms with Crippen molar-refractivity contribution in [3.05, 3.63) is 35.9 Å². The molecule has 1 aromatic carbocycles. The van der Waals surface area contributed by atoms with Crippen LogP contribution in [0.5, 0.6) is 5.75 Å². The molecule has 2 nitrogen and oxygen atoms in total. The van der Waals surface area contributed by atoms with Crippen molar-refractivity contribution in [2.75, 3.05) is 27.7 Å². The summed E-state index contributed by atoms with van der Waals surface area (Å²) in [5.74, 6) is 0.918. The predicted octanol–water partition coefficient (Wildman–Crippen LogP) is 4.08. The van der Waals surface area contributed by atoms with Gasteiger partial charge in [0.1, 0.15) is 5.75 Å². The normalized spacial score (nSPS) is 10.9. The first kappa shape index (κ1) is 16.7. The van der Waals surface area contributed by atoms with E-state index in [0.29, 0.717) is 0 Å². The van der Waals surface area contributed by atoms with Gasteiger partial charge in [-0.15, -0.1) is 0 Å². The first-order valence-electron chi connectivity index (χ1n) is 6.61. The van der Waals surface area contributed by atoms with Crippen LogP contribution in [0.2, 0.25) is 0 Å². The van der Waals surface area contributed by atoms with Crippen LogP contribution in [-0.2, 0) is 0 Å². The monoisotopic (exact) mass is 249 g/mol. The molecule has 0 atom stereocenters. The lowest BCUT2D eigenvalue weighted by Gasteiger charge is -2.13. The van der Waals surface area contributed by atoms with Gasteiger partial charge < -0.3 is 9.64 Å². The average Bonchev–Trinajstić information content (AvgIpc) is 2.41. The van der Waals surface area contributed by atoms with E-state index in [2.05, 4.69) is 44.1 Å². The predicted molar refractivity (Wildman–Crippen MR) is 81.2 cm³/mol. The lowest BCUT2D eigenvalue weighted by atomic mass is 10.0. The molecule has 0 saturated carbocycles. The molecule has 0 aliphatic carbocycles. The van der Waals surface area contributed by atoms with E-state index < -0.39 is 0 Å². The van der Waals surface area contributed by atoms with E-state index in [-0.39, 0.29) is 0 Å². The molecule has 0 amide bonds. The number of methoxy groups -OCH3 is 1. The zero-order valence-electron chi connectivity index (χ0n) is 12.7. The molecule has 0 radical (unpaired) electrons. The Hall–Kier alpha value is -1.28. The van der Waals surface area contributed by atoms with Crippen molar-refractivity contribution in [2.45, 2.75) is 27.2 Å². The molecule has 0 unspecified atom stereocenters. The molecule has 0 aromatic heterocycles. The molecule has 1 rings (SSSR count). The number of hydrogen-bond donors (Lipinski definition) is 0. The van der Waals surface area contributed by atoms with Gasteiger partial charge >= 0.3 is 0 Å². The Kier molecular flexibility index (Phi) is 9.03. The Balaban J connectivity index is 0.00000137. The van der Waals surface area contributed by atoms with Gasteiger partial charge in [-0.1, -0.05) is 32.1 Å². The molecule has 1 aromatic rings. The summed E-state index contributed by atoms with van der Waals surface area (Å²) >= 11 is 0. The van der Waals surface area contributed by atoms with Crippen molar-refractivity contribution in [1.82, 2.24) is 4.90 Å². The maximum Gasteiger partial charge on any atom is 0.119 e. The minimum absolute atomic E-state index is 0.918. The Labute approximate surface area is 112 Å². The standard InChI is InChI=1S/C14H21NO.C2H6/c1-5-12(9-10-15(2)3)13-7-6-8-14(11-13)16-4;1-2/h5-8,11H,9-10H2,1-4H3;1-2H3/b12-5+;. The molecule has 0 aliphatic rings. The van der Waals surface area contributed by atoms with Crippen molar-refractivity contribution in [3.8, 4) is 5.75 Å². The fourth-order valence-electron chi connectivity index (χ4n) is 1.62.